The van der Waals surface area contributed by atoms with E-state index in [-0.39, 0.29) is 31.1 Å². The van der Waals surface area contributed by atoms with Crippen molar-refractivity contribution in [3.63, 3.8) is 0 Å². The van der Waals surface area contributed by atoms with E-state index in [1.807, 2.05) is 51.2 Å². The highest BCUT2D eigenvalue weighted by molar-refractivity contribution is 5.92. The molecule has 242 valence electrons. The molecule has 13 nitrogen and oxygen atoms in total. The standard InChI is InChI=1S/C32H43N7O6/c1-22(2)45-25-7-5-23(6-8-25)35-32(42)39-15-13-38(14-16-39)31-26-18-28(43-4)29(19-27(26)33-21-34-31)44-20-24(40)17-30(41)37-11-9-36(3)10-12-37/h5-8,18-19,21-22,24,40H,9-17,20H2,1-4H3,(H,35,42). The minimum absolute atomic E-state index is 0.00450. The fourth-order valence-corrected chi connectivity index (χ4v) is 5.42. The van der Waals surface area contributed by atoms with E-state index in [1.54, 1.807) is 23.0 Å². The maximum absolute atomic E-state index is 12.9. The van der Waals surface area contributed by atoms with E-state index < -0.39 is 6.10 Å². The lowest BCUT2D eigenvalue weighted by Crippen LogP contribution is -2.50. The third kappa shape index (κ3) is 8.22. The van der Waals surface area contributed by atoms with E-state index in [0.717, 1.165) is 30.0 Å². The molecule has 2 aliphatic heterocycles. The summed E-state index contributed by atoms with van der Waals surface area (Å²) >= 11 is 0. The number of urea groups is 1. The van der Waals surface area contributed by atoms with Crippen LogP contribution in [0.2, 0.25) is 0 Å². The Bertz CT molecular complexity index is 1450. The largest absolute Gasteiger partial charge is 0.493 e. The SMILES string of the molecule is COc1cc2c(N3CCN(C(=O)Nc4ccc(OC(C)C)cc4)CC3)ncnc2cc1OCC(O)CC(=O)N1CCN(C)CC1. The van der Waals surface area contributed by atoms with Gasteiger partial charge in [-0.05, 0) is 51.2 Å². The van der Waals surface area contributed by atoms with E-state index in [4.69, 9.17) is 14.2 Å². The van der Waals surface area contributed by atoms with Crippen molar-refractivity contribution in [2.45, 2.75) is 32.5 Å². The lowest BCUT2D eigenvalue weighted by Gasteiger charge is -2.35. The number of methoxy groups -OCH3 is 1. The fraction of sp³-hybridized carbons (Fsp3) is 0.500. The predicted octanol–water partition coefficient (Wildman–Crippen LogP) is 2.68. The maximum atomic E-state index is 12.9. The summed E-state index contributed by atoms with van der Waals surface area (Å²) in [6.45, 7) is 9.09. The van der Waals surface area contributed by atoms with Gasteiger partial charge < -0.3 is 44.2 Å². The summed E-state index contributed by atoms with van der Waals surface area (Å²) in [5, 5.41) is 14.3. The van der Waals surface area contributed by atoms with Crippen molar-refractivity contribution in [3.05, 3.63) is 42.7 Å². The maximum Gasteiger partial charge on any atom is 0.321 e. The zero-order valence-electron chi connectivity index (χ0n) is 26.4. The normalized spacial score (nSPS) is 16.5. The average Bonchev–Trinajstić information content (AvgIpc) is 3.04. The number of fused-ring (bicyclic) bond motifs is 1. The van der Waals surface area contributed by atoms with Gasteiger partial charge in [0, 0.05) is 69.5 Å². The smallest absolute Gasteiger partial charge is 0.321 e. The molecule has 2 aliphatic rings. The summed E-state index contributed by atoms with van der Waals surface area (Å²) in [6.07, 6.45) is 0.628. The van der Waals surface area contributed by atoms with Gasteiger partial charge in [0.2, 0.25) is 5.91 Å². The molecule has 3 amide bonds. The summed E-state index contributed by atoms with van der Waals surface area (Å²) in [4.78, 5) is 42.4. The van der Waals surface area contributed by atoms with Crippen LogP contribution >= 0.6 is 0 Å². The predicted molar refractivity (Wildman–Crippen MR) is 171 cm³/mol. The average molecular weight is 622 g/mol. The summed E-state index contributed by atoms with van der Waals surface area (Å²) in [5.74, 6) is 2.31. The Morgan fingerprint density at radius 2 is 1.62 bits per heavy atom. The van der Waals surface area contributed by atoms with E-state index >= 15 is 0 Å². The molecule has 0 radical (unpaired) electrons. The number of piperazine rings is 2. The van der Waals surface area contributed by atoms with Crippen molar-refractivity contribution in [1.29, 1.82) is 0 Å². The number of aliphatic hydroxyl groups excluding tert-OH is 1. The number of amides is 3. The van der Waals surface area contributed by atoms with Crippen LogP contribution in [0.4, 0.5) is 16.3 Å². The minimum Gasteiger partial charge on any atom is -0.493 e. The van der Waals surface area contributed by atoms with Gasteiger partial charge in [-0.1, -0.05) is 0 Å². The third-order valence-corrected chi connectivity index (χ3v) is 7.94. The molecule has 1 unspecified atom stereocenters. The molecule has 2 fully saturated rings. The van der Waals surface area contributed by atoms with Crippen LogP contribution in [0.25, 0.3) is 10.9 Å². The number of hydrogen-bond acceptors (Lipinski definition) is 10. The van der Waals surface area contributed by atoms with Crippen molar-refractivity contribution in [2.75, 3.05) is 83.3 Å². The molecule has 3 heterocycles. The molecule has 0 saturated carbocycles. The van der Waals surface area contributed by atoms with Crippen LogP contribution in [0.15, 0.2) is 42.7 Å². The molecule has 3 aromatic rings. The van der Waals surface area contributed by atoms with Gasteiger partial charge in [-0.2, -0.15) is 0 Å². The van der Waals surface area contributed by atoms with Gasteiger partial charge in [-0.25, -0.2) is 14.8 Å². The molecule has 5 rings (SSSR count). The Labute approximate surface area is 263 Å². The number of carbonyl (C=O) groups is 2. The Balaban J connectivity index is 1.17. The zero-order valence-corrected chi connectivity index (χ0v) is 26.4. The van der Waals surface area contributed by atoms with Gasteiger partial charge in [0.25, 0.3) is 0 Å². The van der Waals surface area contributed by atoms with Crippen LogP contribution in [0.3, 0.4) is 0 Å². The number of likely N-dealkylation sites (N-methyl/N-ethyl adjacent to an activating group) is 1. The number of aromatic nitrogens is 2. The molecule has 0 spiro atoms. The first-order chi connectivity index (χ1) is 21.7. The summed E-state index contributed by atoms with van der Waals surface area (Å²) in [7, 11) is 3.58. The second-order valence-corrected chi connectivity index (χ2v) is 11.7. The first-order valence-electron chi connectivity index (χ1n) is 15.4. The number of aliphatic hydroxyl groups is 1. The summed E-state index contributed by atoms with van der Waals surface area (Å²) in [6, 6.07) is 10.8. The van der Waals surface area contributed by atoms with Crippen LogP contribution in [0, 0.1) is 0 Å². The topological polar surface area (TPSA) is 133 Å². The van der Waals surface area contributed by atoms with Gasteiger partial charge in [-0.15, -0.1) is 0 Å². The number of ether oxygens (including phenoxy) is 3. The Morgan fingerprint density at radius 3 is 2.29 bits per heavy atom. The minimum atomic E-state index is -0.953. The van der Waals surface area contributed by atoms with E-state index in [1.165, 1.54) is 6.33 Å². The fourth-order valence-electron chi connectivity index (χ4n) is 5.42. The Hall–Kier alpha value is -4.36. The second kappa shape index (κ2) is 14.6. The molecular weight excluding hydrogens is 578 g/mol. The van der Waals surface area contributed by atoms with Gasteiger partial charge in [0.1, 0.15) is 24.5 Å². The number of nitrogens with zero attached hydrogens (tertiary/aromatic N) is 6. The Morgan fingerprint density at radius 1 is 0.933 bits per heavy atom. The number of hydrogen-bond donors (Lipinski definition) is 2. The lowest BCUT2D eigenvalue weighted by molar-refractivity contribution is -0.135. The number of benzene rings is 2. The van der Waals surface area contributed by atoms with Crippen LogP contribution in [0.5, 0.6) is 17.2 Å². The molecule has 1 atom stereocenters. The highest BCUT2D eigenvalue weighted by Gasteiger charge is 2.25. The van der Waals surface area contributed by atoms with Gasteiger partial charge in [0.05, 0.1) is 31.3 Å². The van der Waals surface area contributed by atoms with E-state index in [2.05, 4.69) is 25.1 Å². The first kappa shape index (κ1) is 32.0. The van der Waals surface area contributed by atoms with Crippen molar-refractivity contribution in [2.24, 2.45) is 0 Å². The molecule has 45 heavy (non-hydrogen) atoms. The summed E-state index contributed by atoms with van der Waals surface area (Å²) < 4.78 is 17.2. The zero-order chi connectivity index (χ0) is 31.9. The number of carbonyl (C=O) groups excluding carboxylic acids is 2. The van der Waals surface area contributed by atoms with Crippen LogP contribution < -0.4 is 24.4 Å². The van der Waals surface area contributed by atoms with Crippen molar-refractivity contribution >= 4 is 34.3 Å². The van der Waals surface area contributed by atoms with Crippen LogP contribution in [-0.4, -0.2) is 127 Å². The Kier molecular flexibility index (Phi) is 10.4. The number of anilines is 2. The monoisotopic (exact) mass is 621 g/mol. The van der Waals surface area contributed by atoms with Gasteiger partial charge >= 0.3 is 6.03 Å². The second-order valence-electron chi connectivity index (χ2n) is 11.7. The van der Waals surface area contributed by atoms with Crippen molar-refractivity contribution in [3.8, 4) is 17.2 Å². The molecule has 0 bridgehead atoms. The highest BCUT2D eigenvalue weighted by atomic mass is 16.5. The molecule has 13 heteroatoms. The quantitative estimate of drug-likeness (QED) is 0.348. The third-order valence-electron chi connectivity index (χ3n) is 7.94. The van der Waals surface area contributed by atoms with Gasteiger partial charge in [0.15, 0.2) is 11.5 Å². The number of nitrogens with one attached hydrogen (secondary N) is 1. The van der Waals surface area contributed by atoms with Crippen molar-refractivity contribution < 1.29 is 28.9 Å². The molecule has 2 saturated heterocycles. The molecule has 1 aromatic heterocycles. The van der Waals surface area contributed by atoms with E-state index in [0.29, 0.717) is 62.0 Å². The first-order valence-corrected chi connectivity index (χ1v) is 15.4. The summed E-state index contributed by atoms with van der Waals surface area (Å²) in [5.41, 5.74) is 1.36. The van der Waals surface area contributed by atoms with Crippen molar-refractivity contribution in [1.82, 2.24) is 24.7 Å². The molecule has 2 N–H and O–H groups in total. The van der Waals surface area contributed by atoms with Gasteiger partial charge in [-0.3, -0.25) is 4.79 Å². The van der Waals surface area contributed by atoms with E-state index in [9.17, 15) is 14.7 Å². The highest BCUT2D eigenvalue weighted by Crippen LogP contribution is 2.35. The molecule has 0 aliphatic carbocycles. The van der Waals surface area contributed by atoms with Crippen LogP contribution in [-0.2, 0) is 4.79 Å². The molecular formula is C32H43N7O6. The number of rotatable bonds is 10. The lowest BCUT2D eigenvalue weighted by atomic mass is 10.1. The van der Waals surface area contributed by atoms with Crippen LogP contribution in [0.1, 0.15) is 20.3 Å². The molecule has 2 aromatic carbocycles.